The lowest BCUT2D eigenvalue weighted by Crippen LogP contribution is -2.50. The highest BCUT2D eigenvalue weighted by molar-refractivity contribution is 5.73. The number of carboxylic acids is 1. The van der Waals surface area contributed by atoms with Crippen LogP contribution in [0.5, 0.6) is 0 Å². The largest absolute Gasteiger partial charge is 0.480 e. The predicted molar refractivity (Wildman–Crippen MR) is 65.1 cm³/mol. The first-order valence-electron chi connectivity index (χ1n) is 6.31. The summed E-state index contributed by atoms with van der Waals surface area (Å²) in [7, 11) is 0. The van der Waals surface area contributed by atoms with Gasteiger partial charge in [0, 0.05) is 24.4 Å². The number of aliphatic hydroxyl groups is 1. The van der Waals surface area contributed by atoms with Crippen molar-refractivity contribution in [1.82, 2.24) is 15.3 Å². The second-order valence-corrected chi connectivity index (χ2v) is 4.80. The Labute approximate surface area is 105 Å². The van der Waals surface area contributed by atoms with E-state index in [2.05, 4.69) is 15.3 Å². The van der Waals surface area contributed by atoms with Crippen LogP contribution < -0.4 is 5.32 Å². The smallest absolute Gasteiger partial charge is 0.321 e. The third kappa shape index (κ3) is 3.30. The van der Waals surface area contributed by atoms with Gasteiger partial charge in [0.05, 0.1) is 12.4 Å². The topological polar surface area (TPSA) is 98.2 Å². The number of carboxylic acid groups (broad SMARTS) is 1. The van der Waals surface area contributed by atoms with Crippen molar-refractivity contribution in [2.24, 2.45) is 0 Å². The molecule has 1 aliphatic rings. The Morgan fingerprint density at radius 2 is 2.33 bits per heavy atom. The molecule has 1 aliphatic carbocycles. The van der Waals surface area contributed by atoms with Gasteiger partial charge in [-0.15, -0.1) is 0 Å². The van der Waals surface area contributed by atoms with Gasteiger partial charge < -0.3 is 15.2 Å². The van der Waals surface area contributed by atoms with Crippen molar-refractivity contribution in [3.05, 3.63) is 18.2 Å². The van der Waals surface area contributed by atoms with Crippen LogP contribution >= 0.6 is 0 Å². The van der Waals surface area contributed by atoms with Crippen molar-refractivity contribution in [3.8, 4) is 0 Å². The third-order valence-electron chi connectivity index (χ3n) is 3.42. The van der Waals surface area contributed by atoms with Gasteiger partial charge in [-0.3, -0.25) is 10.1 Å². The fourth-order valence-electron chi connectivity index (χ4n) is 2.40. The molecule has 1 fully saturated rings. The number of rotatable bonds is 5. The molecule has 3 atom stereocenters. The molecule has 0 unspecified atom stereocenters. The molecule has 100 valence electrons. The van der Waals surface area contributed by atoms with Gasteiger partial charge >= 0.3 is 5.97 Å². The number of carbonyl (C=O) groups is 1. The number of H-pyrrole nitrogens is 1. The van der Waals surface area contributed by atoms with Crippen molar-refractivity contribution in [1.29, 1.82) is 0 Å². The van der Waals surface area contributed by atoms with E-state index < -0.39 is 18.1 Å². The monoisotopic (exact) mass is 253 g/mol. The zero-order valence-corrected chi connectivity index (χ0v) is 10.2. The number of aliphatic carboxylic acids is 1. The first-order valence-corrected chi connectivity index (χ1v) is 6.31. The Balaban J connectivity index is 1.95. The van der Waals surface area contributed by atoms with E-state index in [-0.39, 0.29) is 6.04 Å². The van der Waals surface area contributed by atoms with Gasteiger partial charge in [0.1, 0.15) is 6.04 Å². The van der Waals surface area contributed by atoms with Gasteiger partial charge in [-0.1, -0.05) is 12.8 Å². The number of hydrogen-bond donors (Lipinski definition) is 4. The summed E-state index contributed by atoms with van der Waals surface area (Å²) in [5.74, 6) is -0.901. The van der Waals surface area contributed by atoms with Crippen molar-refractivity contribution < 1.29 is 15.0 Å². The highest BCUT2D eigenvalue weighted by Crippen LogP contribution is 2.19. The maximum Gasteiger partial charge on any atom is 0.321 e. The maximum absolute atomic E-state index is 11.2. The SMILES string of the molecule is O=C(O)[C@H](Cc1cnc[nH]1)N[C@@H]1CCCC[C@H]1O. The summed E-state index contributed by atoms with van der Waals surface area (Å²) < 4.78 is 0. The zero-order valence-electron chi connectivity index (χ0n) is 10.2. The minimum atomic E-state index is -0.901. The van der Waals surface area contributed by atoms with E-state index in [1.165, 1.54) is 6.33 Å². The minimum Gasteiger partial charge on any atom is -0.480 e. The molecule has 1 saturated carbocycles. The number of imidazole rings is 1. The van der Waals surface area contributed by atoms with Crippen LogP contribution in [0.3, 0.4) is 0 Å². The predicted octanol–water partition coefficient (Wildman–Crippen LogP) is 0.298. The first kappa shape index (κ1) is 13.0. The number of nitrogens with zero attached hydrogens (tertiary/aromatic N) is 1. The van der Waals surface area contributed by atoms with Gasteiger partial charge in [-0.05, 0) is 12.8 Å². The molecule has 0 aliphatic heterocycles. The van der Waals surface area contributed by atoms with Crippen LogP contribution in [-0.2, 0) is 11.2 Å². The van der Waals surface area contributed by atoms with Gasteiger partial charge in [-0.2, -0.15) is 0 Å². The van der Waals surface area contributed by atoms with E-state index in [0.29, 0.717) is 6.42 Å². The molecule has 0 saturated heterocycles. The van der Waals surface area contributed by atoms with Crippen LogP contribution in [0.15, 0.2) is 12.5 Å². The van der Waals surface area contributed by atoms with E-state index in [4.69, 9.17) is 0 Å². The van der Waals surface area contributed by atoms with Crippen molar-refractivity contribution in [3.63, 3.8) is 0 Å². The molecule has 1 heterocycles. The van der Waals surface area contributed by atoms with E-state index >= 15 is 0 Å². The van der Waals surface area contributed by atoms with Crippen LogP contribution in [-0.4, -0.2) is 44.3 Å². The van der Waals surface area contributed by atoms with E-state index in [0.717, 1.165) is 31.4 Å². The molecule has 1 aromatic rings. The molecule has 6 heteroatoms. The Bertz CT molecular complexity index is 380. The van der Waals surface area contributed by atoms with Crippen molar-refractivity contribution in [2.45, 2.75) is 50.3 Å². The van der Waals surface area contributed by atoms with E-state index in [1.807, 2.05) is 0 Å². The summed E-state index contributed by atoms with van der Waals surface area (Å²) in [5, 5.41) is 22.1. The molecule has 6 nitrogen and oxygen atoms in total. The summed E-state index contributed by atoms with van der Waals surface area (Å²) in [6.45, 7) is 0. The summed E-state index contributed by atoms with van der Waals surface area (Å²) >= 11 is 0. The average Bonchev–Trinajstić information content (AvgIpc) is 2.83. The van der Waals surface area contributed by atoms with Crippen LogP contribution in [0.2, 0.25) is 0 Å². The van der Waals surface area contributed by atoms with Crippen molar-refractivity contribution >= 4 is 5.97 Å². The lowest BCUT2D eigenvalue weighted by atomic mass is 9.91. The highest BCUT2D eigenvalue weighted by atomic mass is 16.4. The Morgan fingerprint density at radius 1 is 1.56 bits per heavy atom. The normalized spacial score (nSPS) is 25.8. The fraction of sp³-hybridized carbons (Fsp3) is 0.667. The highest BCUT2D eigenvalue weighted by Gasteiger charge is 2.28. The number of aliphatic hydroxyl groups excluding tert-OH is 1. The molecule has 0 spiro atoms. The van der Waals surface area contributed by atoms with E-state index in [9.17, 15) is 15.0 Å². The zero-order chi connectivity index (χ0) is 13.0. The van der Waals surface area contributed by atoms with Crippen LogP contribution in [0.25, 0.3) is 0 Å². The van der Waals surface area contributed by atoms with Gasteiger partial charge in [0.25, 0.3) is 0 Å². The maximum atomic E-state index is 11.2. The minimum absolute atomic E-state index is 0.122. The molecule has 18 heavy (non-hydrogen) atoms. The number of aromatic nitrogens is 2. The van der Waals surface area contributed by atoms with Crippen LogP contribution in [0, 0.1) is 0 Å². The average molecular weight is 253 g/mol. The van der Waals surface area contributed by atoms with Gasteiger partial charge in [-0.25, -0.2) is 4.98 Å². The molecule has 0 aromatic carbocycles. The summed E-state index contributed by atoms with van der Waals surface area (Å²) in [5.41, 5.74) is 0.778. The summed E-state index contributed by atoms with van der Waals surface area (Å²) in [4.78, 5) is 18.0. The van der Waals surface area contributed by atoms with Gasteiger partial charge in [0.2, 0.25) is 0 Å². The molecule has 0 amide bonds. The van der Waals surface area contributed by atoms with Crippen molar-refractivity contribution in [2.75, 3.05) is 0 Å². The standard InChI is InChI=1S/C12H19N3O3/c16-11-4-2-1-3-9(11)15-10(12(17)18)5-8-6-13-7-14-8/h6-7,9-11,15-16H,1-5H2,(H,13,14)(H,17,18)/t9-,10+,11-/m1/s1. The summed E-state index contributed by atoms with van der Waals surface area (Å²) in [6.07, 6.45) is 6.67. The Kier molecular flexibility index (Phi) is 4.33. The number of aromatic amines is 1. The Morgan fingerprint density at radius 3 is 2.94 bits per heavy atom. The van der Waals surface area contributed by atoms with Crippen LogP contribution in [0.1, 0.15) is 31.4 Å². The quantitative estimate of drug-likeness (QED) is 0.605. The number of nitrogens with one attached hydrogen (secondary N) is 2. The molecular weight excluding hydrogens is 234 g/mol. The van der Waals surface area contributed by atoms with E-state index in [1.54, 1.807) is 6.20 Å². The second-order valence-electron chi connectivity index (χ2n) is 4.80. The first-order chi connectivity index (χ1) is 8.66. The fourth-order valence-corrected chi connectivity index (χ4v) is 2.40. The summed E-state index contributed by atoms with van der Waals surface area (Å²) in [6, 6.07) is -0.814. The lowest BCUT2D eigenvalue weighted by molar-refractivity contribution is -0.140. The molecular formula is C12H19N3O3. The third-order valence-corrected chi connectivity index (χ3v) is 3.42. The molecule has 0 radical (unpaired) electrons. The lowest BCUT2D eigenvalue weighted by Gasteiger charge is -2.30. The number of hydrogen-bond acceptors (Lipinski definition) is 4. The molecule has 4 N–H and O–H groups in total. The molecule has 2 rings (SSSR count). The molecule has 1 aromatic heterocycles. The second kappa shape index (κ2) is 5.97. The Hall–Kier alpha value is -1.40. The van der Waals surface area contributed by atoms with Gasteiger partial charge in [0.15, 0.2) is 0 Å². The molecule has 0 bridgehead atoms. The van der Waals surface area contributed by atoms with Crippen LogP contribution in [0.4, 0.5) is 0 Å².